The zero-order valence-electron chi connectivity index (χ0n) is 17.5. The van der Waals surface area contributed by atoms with Crippen molar-refractivity contribution in [2.24, 2.45) is 4.99 Å². The van der Waals surface area contributed by atoms with Crippen molar-refractivity contribution in [1.29, 1.82) is 0 Å². The van der Waals surface area contributed by atoms with Crippen LogP contribution in [0.5, 0.6) is 0 Å². The Morgan fingerprint density at radius 2 is 1.83 bits per heavy atom. The summed E-state index contributed by atoms with van der Waals surface area (Å²) in [5.41, 5.74) is 1.04. The Balaban J connectivity index is 1.74. The van der Waals surface area contributed by atoms with Gasteiger partial charge >= 0.3 is 0 Å². The molecule has 5 nitrogen and oxygen atoms in total. The van der Waals surface area contributed by atoms with Crippen molar-refractivity contribution >= 4 is 41.0 Å². The third-order valence-electron chi connectivity index (χ3n) is 6.31. The molecule has 2 aliphatic rings. The van der Waals surface area contributed by atoms with Crippen LogP contribution in [0.1, 0.15) is 39.5 Å². The highest BCUT2D eigenvalue weighted by molar-refractivity contribution is 6.44. The average Bonchev–Trinajstić information content (AvgIpc) is 3.26. The van der Waals surface area contributed by atoms with Gasteiger partial charge in [0.05, 0.1) is 15.7 Å². The molecule has 2 fully saturated rings. The summed E-state index contributed by atoms with van der Waals surface area (Å²) in [4.78, 5) is 22.8. The Kier molecular flexibility index (Phi) is 7.25. The Bertz CT molecular complexity index is 794. The molecule has 0 atom stereocenters. The standard InChI is InChI=1S/C22H30Cl2N4O/c1-17(26(3)19-8-6-7-18(23)21(19)24)25-20(9-16-29)27-14-10-22(2,11-15-27)28-12-4-5-13-28/h6-9,16H,4-5,10-15H2,1-3H3/b20-9+,25-17?. The molecule has 1 aromatic rings. The smallest absolute Gasteiger partial charge is 0.146 e. The van der Waals surface area contributed by atoms with Crippen LogP contribution in [0.25, 0.3) is 0 Å². The molecule has 0 spiro atoms. The first kappa shape index (κ1) is 22.1. The third-order valence-corrected chi connectivity index (χ3v) is 7.11. The van der Waals surface area contributed by atoms with Gasteiger partial charge in [0.2, 0.25) is 0 Å². The van der Waals surface area contributed by atoms with Crippen molar-refractivity contribution in [3.63, 3.8) is 0 Å². The Morgan fingerprint density at radius 1 is 1.17 bits per heavy atom. The van der Waals surface area contributed by atoms with E-state index in [9.17, 15) is 4.79 Å². The number of amidine groups is 1. The summed E-state index contributed by atoms with van der Waals surface area (Å²) < 4.78 is 0. The second-order valence-electron chi connectivity index (χ2n) is 8.13. The van der Waals surface area contributed by atoms with E-state index >= 15 is 0 Å². The molecule has 0 unspecified atom stereocenters. The maximum Gasteiger partial charge on any atom is 0.146 e. The predicted molar refractivity (Wildman–Crippen MR) is 122 cm³/mol. The molecule has 0 bridgehead atoms. The van der Waals surface area contributed by atoms with Gasteiger partial charge in [-0.3, -0.25) is 9.69 Å². The van der Waals surface area contributed by atoms with E-state index in [-0.39, 0.29) is 5.54 Å². The number of allylic oxidation sites excluding steroid dienone is 1. The van der Waals surface area contributed by atoms with Gasteiger partial charge in [-0.25, -0.2) is 4.99 Å². The Hall–Kier alpha value is -1.56. The second kappa shape index (κ2) is 9.50. The van der Waals surface area contributed by atoms with Gasteiger partial charge in [-0.05, 0) is 64.8 Å². The summed E-state index contributed by atoms with van der Waals surface area (Å²) in [6.07, 6.45) is 7.12. The molecule has 3 rings (SSSR count). The Labute approximate surface area is 184 Å². The number of nitrogens with zero attached hydrogens (tertiary/aromatic N) is 4. The molecular formula is C22H30Cl2N4O. The number of carbonyl (C=O) groups excluding carboxylic acids is 1. The van der Waals surface area contributed by atoms with Crippen molar-refractivity contribution in [2.45, 2.75) is 45.1 Å². The molecular weight excluding hydrogens is 407 g/mol. The molecule has 0 saturated carbocycles. The first-order chi connectivity index (χ1) is 13.9. The number of likely N-dealkylation sites (tertiary alicyclic amines) is 2. The van der Waals surface area contributed by atoms with Gasteiger partial charge in [-0.15, -0.1) is 0 Å². The zero-order chi connectivity index (χ0) is 21.0. The number of rotatable bonds is 5. The molecule has 7 heteroatoms. The van der Waals surface area contributed by atoms with E-state index in [2.05, 4.69) is 16.7 Å². The summed E-state index contributed by atoms with van der Waals surface area (Å²) >= 11 is 12.5. The van der Waals surface area contributed by atoms with Crippen LogP contribution in [0.15, 0.2) is 35.1 Å². The SMILES string of the molecule is CC(=N/C(=C\C=O)N1CCC(C)(N2CCCC2)CC1)N(C)c1cccc(Cl)c1Cl. The number of aldehydes is 1. The minimum atomic E-state index is 0.253. The number of benzene rings is 1. The molecule has 158 valence electrons. The number of carbonyl (C=O) groups is 1. The van der Waals surface area contributed by atoms with Gasteiger partial charge in [0, 0.05) is 31.8 Å². The number of anilines is 1. The number of halogens is 2. The fourth-order valence-corrected chi connectivity index (χ4v) is 4.65. The van der Waals surface area contributed by atoms with E-state index in [1.54, 1.807) is 12.1 Å². The monoisotopic (exact) mass is 436 g/mol. The van der Waals surface area contributed by atoms with Crippen LogP contribution in [0.4, 0.5) is 5.69 Å². The summed E-state index contributed by atoms with van der Waals surface area (Å²) in [6, 6.07) is 5.52. The average molecular weight is 437 g/mol. The molecule has 2 aliphatic heterocycles. The van der Waals surface area contributed by atoms with Gasteiger partial charge in [-0.2, -0.15) is 0 Å². The molecule has 0 aromatic heterocycles. The molecule has 0 radical (unpaired) electrons. The summed E-state index contributed by atoms with van der Waals surface area (Å²) in [7, 11) is 1.90. The lowest BCUT2D eigenvalue weighted by atomic mass is 9.88. The molecule has 1 aromatic carbocycles. The molecule has 2 heterocycles. The number of hydrogen-bond acceptors (Lipinski definition) is 4. The largest absolute Gasteiger partial charge is 0.356 e. The lowest BCUT2D eigenvalue weighted by Gasteiger charge is -2.46. The van der Waals surface area contributed by atoms with Crippen LogP contribution in [0.3, 0.4) is 0 Å². The normalized spacial score (nSPS) is 20.8. The van der Waals surface area contributed by atoms with Gasteiger partial charge in [0.15, 0.2) is 0 Å². The lowest BCUT2D eigenvalue weighted by molar-refractivity contribution is -0.104. The van der Waals surface area contributed by atoms with Crippen molar-refractivity contribution in [3.8, 4) is 0 Å². The van der Waals surface area contributed by atoms with Crippen LogP contribution < -0.4 is 4.90 Å². The fourth-order valence-electron chi connectivity index (χ4n) is 4.23. The van der Waals surface area contributed by atoms with Gasteiger partial charge in [0.25, 0.3) is 0 Å². The van der Waals surface area contributed by atoms with Crippen LogP contribution >= 0.6 is 23.2 Å². The van der Waals surface area contributed by atoms with Gasteiger partial charge < -0.3 is 9.80 Å². The van der Waals surface area contributed by atoms with E-state index in [1.165, 1.54) is 25.9 Å². The van der Waals surface area contributed by atoms with Crippen molar-refractivity contribution < 1.29 is 4.79 Å². The van der Waals surface area contributed by atoms with Crippen LogP contribution in [-0.4, -0.2) is 60.7 Å². The lowest BCUT2D eigenvalue weighted by Crippen LogP contribution is -2.52. The van der Waals surface area contributed by atoms with Gasteiger partial charge in [0.1, 0.15) is 17.9 Å². The molecule has 2 saturated heterocycles. The van der Waals surface area contributed by atoms with Crippen molar-refractivity contribution in [2.75, 3.05) is 38.1 Å². The van der Waals surface area contributed by atoms with E-state index in [4.69, 9.17) is 28.2 Å². The minimum absolute atomic E-state index is 0.253. The van der Waals surface area contributed by atoms with Crippen LogP contribution in [0.2, 0.25) is 10.0 Å². The summed E-state index contributed by atoms with van der Waals surface area (Å²) in [5.74, 6) is 1.45. The van der Waals surface area contributed by atoms with Crippen molar-refractivity contribution in [1.82, 2.24) is 9.80 Å². The number of aliphatic imine (C=N–C) groups is 1. The summed E-state index contributed by atoms with van der Waals surface area (Å²) in [5, 5.41) is 0.996. The molecule has 0 amide bonds. The Morgan fingerprint density at radius 3 is 2.45 bits per heavy atom. The van der Waals surface area contributed by atoms with Crippen LogP contribution in [0, 0.1) is 0 Å². The third kappa shape index (κ3) is 4.96. The van der Waals surface area contributed by atoms with Gasteiger partial charge in [-0.1, -0.05) is 29.3 Å². The van der Waals surface area contributed by atoms with Crippen LogP contribution in [-0.2, 0) is 4.79 Å². The summed E-state index contributed by atoms with van der Waals surface area (Å²) in [6.45, 7) is 8.48. The first-order valence-electron chi connectivity index (χ1n) is 10.2. The van der Waals surface area contributed by atoms with Crippen molar-refractivity contribution in [3.05, 3.63) is 40.1 Å². The van der Waals surface area contributed by atoms with E-state index in [1.807, 2.05) is 31.0 Å². The minimum Gasteiger partial charge on any atom is -0.356 e. The highest BCUT2D eigenvalue weighted by Gasteiger charge is 2.37. The topological polar surface area (TPSA) is 39.2 Å². The zero-order valence-corrected chi connectivity index (χ0v) is 19.0. The molecule has 0 aliphatic carbocycles. The van der Waals surface area contributed by atoms with E-state index in [0.29, 0.717) is 15.9 Å². The highest BCUT2D eigenvalue weighted by atomic mass is 35.5. The number of hydrogen-bond donors (Lipinski definition) is 0. The van der Waals surface area contributed by atoms with E-state index < -0.39 is 0 Å². The quantitative estimate of drug-likeness (QED) is 0.286. The maximum atomic E-state index is 11.3. The first-order valence-corrected chi connectivity index (χ1v) is 11.0. The predicted octanol–water partition coefficient (Wildman–Crippen LogP) is 4.84. The fraction of sp³-hybridized carbons (Fsp3) is 0.545. The molecule has 29 heavy (non-hydrogen) atoms. The number of piperidine rings is 1. The second-order valence-corrected chi connectivity index (χ2v) is 8.92. The maximum absolute atomic E-state index is 11.3. The highest BCUT2D eigenvalue weighted by Crippen LogP contribution is 2.34. The van der Waals surface area contributed by atoms with E-state index in [0.717, 1.165) is 43.7 Å². The molecule has 0 N–H and O–H groups in total.